The van der Waals surface area contributed by atoms with Crippen LogP contribution in [0.15, 0.2) is 78.1 Å². The zero-order valence-electron chi connectivity index (χ0n) is 16.0. The van der Waals surface area contributed by atoms with E-state index in [0.29, 0.717) is 21.9 Å². The Hall–Kier alpha value is -3.71. The van der Waals surface area contributed by atoms with Crippen molar-refractivity contribution in [3.63, 3.8) is 0 Å². The first-order valence-corrected chi connectivity index (χ1v) is 9.82. The zero-order chi connectivity index (χ0) is 20.7. The van der Waals surface area contributed by atoms with Crippen LogP contribution in [0.1, 0.15) is 18.7 Å². The molecule has 0 saturated carbocycles. The quantitative estimate of drug-likeness (QED) is 0.473. The number of nitrogens with one attached hydrogen (secondary N) is 1. The van der Waals surface area contributed by atoms with E-state index in [1.807, 2.05) is 55.5 Å². The molecule has 0 aliphatic carbocycles. The number of rotatable bonds is 4. The molecule has 5 rings (SSSR count). The third kappa shape index (κ3) is 3.00. The molecule has 0 unspecified atom stereocenters. The molecular formula is C22H17ClN6O. The molecule has 8 heteroatoms. The van der Waals surface area contributed by atoms with Gasteiger partial charge in [-0.2, -0.15) is 5.10 Å². The molecule has 3 heterocycles. The molecule has 5 aromatic rings. The van der Waals surface area contributed by atoms with Crippen LogP contribution in [0.4, 0.5) is 5.82 Å². The third-order valence-electron chi connectivity index (χ3n) is 5.03. The summed E-state index contributed by atoms with van der Waals surface area (Å²) in [6.45, 7) is 1.98. The van der Waals surface area contributed by atoms with Crippen LogP contribution in [0, 0.1) is 0 Å². The van der Waals surface area contributed by atoms with E-state index in [-0.39, 0.29) is 11.6 Å². The first-order chi connectivity index (χ1) is 14.6. The number of pyridine rings is 1. The smallest absolute Gasteiger partial charge is 0.264 e. The largest absolute Gasteiger partial charge is 0.359 e. The second-order valence-electron chi connectivity index (χ2n) is 6.92. The fraction of sp³-hybridized carbons (Fsp3) is 0.0909. The molecule has 0 aliphatic heterocycles. The Balaban J connectivity index is 1.71. The first kappa shape index (κ1) is 18.3. The van der Waals surface area contributed by atoms with Crippen molar-refractivity contribution in [1.29, 1.82) is 0 Å². The first-order valence-electron chi connectivity index (χ1n) is 9.44. The monoisotopic (exact) mass is 416 g/mol. The van der Waals surface area contributed by atoms with Crippen molar-refractivity contribution in [2.75, 3.05) is 5.32 Å². The summed E-state index contributed by atoms with van der Waals surface area (Å²) in [5, 5.41) is 9.24. The lowest BCUT2D eigenvalue weighted by Gasteiger charge is -2.21. The number of fused-ring (bicyclic) bond motifs is 2. The van der Waals surface area contributed by atoms with Crippen molar-refractivity contribution in [3.8, 4) is 5.69 Å². The fourth-order valence-electron chi connectivity index (χ4n) is 3.64. The Labute approximate surface area is 176 Å². The van der Waals surface area contributed by atoms with Gasteiger partial charge in [-0.15, -0.1) is 0 Å². The van der Waals surface area contributed by atoms with Crippen LogP contribution in [-0.4, -0.2) is 24.1 Å². The standard InChI is InChI=1S/C22H17ClN6O/c1-14(27-20-21-24-10-11-28(21)26-13-25-20)18-12-15-6-5-9-17(23)19(15)22(30)29(18)16-7-3-2-4-8-16/h2-14H,1H3,(H,25,26,27)/t14-/m0/s1. The van der Waals surface area contributed by atoms with Crippen molar-refractivity contribution in [3.05, 3.63) is 94.4 Å². The van der Waals surface area contributed by atoms with E-state index in [9.17, 15) is 4.79 Å². The van der Waals surface area contributed by atoms with Crippen molar-refractivity contribution >= 4 is 33.8 Å². The lowest BCUT2D eigenvalue weighted by atomic mass is 10.1. The molecule has 0 saturated heterocycles. The van der Waals surface area contributed by atoms with Gasteiger partial charge in [0.05, 0.1) is 16.5 Å². The normalized spacial score (nSPS) is 12.3. The van der Waals surface area contributed by atoms with Crippen LogP contribution >= 0.6 is 11.6 Å². The molecule has 2 aromatic carbocycles. The minimum Gasteiger partial charge on any atom is -0.359 e. The number of nitrogens with zero attached hydrogens (tertiary/aromatic N) is 5. The van der Waals surface area contributed by atoms with Gasteiger partial charge in [0.2, 0.25) is 0 Å². The van der Waals surface area contributed by atoms with Gasteiger partial charge in [0, 0.05) is 23.8 Å². The van der Waals surface area contributed by atoms with Crippen molar-refractivity contribution in [1.82, 2.24) is 24.1 Å². The Bertz CT molecular complexity index is 1430. The highest BCUT2D eigenvalue weighted by Crippen LogP contribution is 2.27. The molecule has 3 aromatic heterocycles. The second-order valence-corrected chi connectivity index (χ2v) is 7.33. The highest BCUT2D eigenvalue weighted by molar-refractivity contribution is 6.35. The van der Waals surface area contributed by atoms with Gasteiger partial charge in [-0.3, -0.25) is 9.36 Å². The van der Waals surface area contributed by atoms with Gasteiger partial charge in [0.15, 0.2) is 11.5 Å². The summed E-state index contributed by atoms with van der Waals surface area (Å²) in [4.78, 5) is 22.2. The van der Waals surface area contributed by atoms with E-state index < -0.39 is 0 Å². The molecule has 0 aliphatic rings. The molecule has 30 heavy (non-hydrogen) atoms. The van der Waals surface area contributed by atoms with E-state index in [2.05, 4.69) is 20.4 Å². The predicted octanol–water partition coefficient (Wildman–Crippen LogP) is 4.25. The minimum absolute atomic E-state index is 0.165. The minimum atomic E-state index is -0.253. The molecule has 7 nitrogen and oxygen atoms in total. The molecule has 0 bridgehead atoms. The van der Waals surface area contributed by atoms with Gasteiger partial charge in [0.25, 0.3) is 5.56 Å². The Kier molecular flexibility index (Phi) is 4.44. The number of imidazole rings is 1. The molecule has 0 radical (unpaired) electrons. The molecular weight excluding hydrogens is 400 g/mol. The van der Waals surface area contributed by atoms with Gasteiger partial charge in [0.1, 0.15) is 6.33 Å². The van der Waals surface area contributed by atoms with Gasteiger partial charge in [-0.1, -0.05) is 41.9 Å². The Morgan fingerprint density at radius 1 is 1.07 bits per heavy atom. The summed E-state index contributed by atoms with van der Waals surface area (Å²) < 4.78 is 3.34. The SMILES string of the molecule is C[C@H](Nc1ncnn2ccnc12)c1cc2cccc(Cl)c2c(=O)n1-c1ccccc1. The number of benzene rings is 2. The maximum Gasteiger partial charge on any atom is 0.264 e. The van der Waals surface area contributed by atoms with Gasteiger partial charge in [-0.05, 0) is 36.6 Å². The van der Waals surface area contributed by atoms with Crippen molar-refractivity contribution < 1.29 is 0 Å². The van der Waals surface area contributed by atoms with Gasteiger partial charge in [-0.25, -0.2) is 14.5 Å². The van der Waals surface area contributed by atoms with Gasteiger partial charge < -0.3 is 5.32 Å². The van der Waals surface area contributed by atoms with E-state index in [0.717, 1.165) is 16.8 Å². The summed E-state index contributed by atoms with van der Waals surface area (Å²) in [6.07, 6.45) is 4.89. The summed E-state index contributed by atoms with van der Waals surface area (Å²) in [5.74, 6) is 0.584. The van der Waals surface area contributed by atoms with Crippen LogP contribution in [0.25, 0.3) is 22.1 Å². The maximum atomic E-state index is 13.5. The van der Waals surface area contributed by atoms with Crippen LogP contribution in [0.5, 0.6) is 0 Å². The zero-order valence-corrected chi connectivity index (χ0v) is 16.8. The molecule has 1 atom stereocenters. The fourth-order valence-corrected chi connectivity index (χ4v) is 3.90. The second kappa shape index (κ2) is 7.27. The number of aromatic nitrogens is 5. The average Bonchev–Trinajstić information content (AvgIpc) is 3.24. The Morgan fingerprint density at radius 3 is 2.73 bits per heavy atom. The lowest BCUT2D eigenvalue weighted by molar-refractivity contribution is 0.769. The number of para-hydroxylation sites is 1. The lowest BCUT2D eigenvalue weighted by Crippen LogP contribution is -2.26. The number of hydrogen-bond acceptors (Lipinski definition) is 5. The summed E-state index contributed by atoms with van der Waals surface area (Å²) >= 11 is 6.38. The highest BCUT2D eigenvalue weighted by Gasteiger charge is 2.19. The van der Waals surface area contributed by atoms with Crippen LogP contribution in [0.2, 0.25) is 5.02 Å². The predicted molar refractivity (Wildman–Crippen MR) is 117 cm³/mol. The number of hydrogen-bond donors (Lipinski definition) is 1. The average molecular weight is 417 g/mol. The summed E-state index contributed by atoms with van der Waals surface area (Å²) in [5.41, 5.74) is 1.99. The van der Waals surface area contributed by atoms with Crippen LogP contribution in [-0.2, 0) is 0 Å². The molecule has 0 amide bonds. The van der Waals surface area contributed by atoms with E-state index in [1.54, 1.807) is 27.5 Å². The summed E-state index contributed by atoms with van der Waals surface area (Å²) in [6, 6.07) is 16.7. The molecule has 0 spiro atoms. The van der Waals surface area contributed by atoms with Crippen LogP contribution < -0.4 is 10.9 Å². The molecule has 148 valence electrons. The van der Waals surface area contributed by atoms with Gasteiger partial charge >= 0.3 is 0 Å². The highest BCUT2D eigenvalue weighted by atomic mass is 35.5. The van der Waals surface area contributed by atoms with E-state index in [1.165, 1.54) is 6.33 Å². The Morgan fingerprint density at radius 2 is 1.90 bits per heavy atom. The van der Waals surface area contributed by atoms with E-state index in [4.69, 9.17) is 11.6 Å². The summed E-state index contributed by atoms with van der Waals surface area (Å²) in [7, 11) is 0. The van der Waals surface area contributed by atoms with Crippen LogP contribution in [0.3, 0.4) is 0 Å². The molecule has 1 N–H and O–H groups in total. The van der Waals surface area contributed by atoms with E-state index >= 15 is 0 Å². The molecule has 0 fully saturated rings. The van der Waals surface area contributed by atoms with Crippen molar-refractivity contribution in [2.45, 2.75) is 13.0 Å². The topological polar surface area (TPSA) is 77.1 Å². The van der Waals surface area contributed by atoms with Crippen molar-refractivity contribution in [2.24, 2.45) is 0 Å². The number of anilines is 1. The maximum absolute atomic E-state index is 13.5. The number of halogens is 1. The third-order valence-corrected chi connectivity index (χ3v) is 5.35.